The van der Waals surface area contributed by atoms with Crippen molar-refractivity contribution in [1.29, 1.82) is 0 Å². The smallest absolute Gasteiger partial charge is 0.255 e. The summed E-state index contributed by atoms with van der Waals surface area (Å²) >= 11 is 6.51. The van der Waals surface area contributed by atoms with Crippen LogP contribution in [0, 0.1) is 0 Å². The average molecular weight is 403 g/mol. The van der Waals surface area contributed by atoms with Crippen molar-refractivity contribution >= 4 is 17.5 Å². The van der Waals surface area contributed by atoms with E-state index in [2.05, 4.69) is 17.0 Å². The fourth-order valence-corrected chi connectivity index (χ4v) is 4.03. The number of hydrogen-bond donors (Lipinski definition) is 1. The third-order valence-electron chi connectivity index (χ3n) is 5.11. The lowest BCUT2D eigenvalue weighted by atomic mass is 10.00. The topological polar surface area (TPSA) is 64.8 Å². The molecule has 1 aliphatic heterocycles. The number of amides is 1. The average Bonchev–Trinajstić information content (AvgIpc) is 2.92. The standard InChI is InChI=1S/C22H27ClN2O3/c1-27-21-13-16(10-11-20(21)28-15-22(24)26)14-25-12-6-2-3-9-19(25)17-7-4-5-8-18(17)23/h4-5,7-8,10-11,13,19H,2-3,6,9,12,14-15H2,1H3,(H2,24,26)/t19-/m0/s1. The lowest BCUT2D eigenvalue weighted by Gasteiger charge is -2.31. The molecule has 1 fully saturated rings. The van der Waals surface area contributed by atoms with Gasteiger partial charge in [0.25, 0.3) is 5.91 Å². The maximum absolute atomic E-state index is 11.0. The molecule has 0 radical (unpaired) electrons. The molecule has 6 heteroatoms. The second-order valence-corrected chi connectivity index (χ2v) is 7.50. The number of nitrogens with two attached hydrogens (primary N) is 1. The van der Waals surface area contributed by atoms with E-state index in [0.717, 1.165) is 30.1 Å². The Morgan fingerprint density at radius 2 is 2.00 bits per heavy atom. The summed E-state index contributed by atoms with van der Waals surface area (Å²) in [5.41, 5.74) is 7.48. The van der Waals surface area contributed by atoms with E-state index in [-0.39, 0.29) is 6.61 Å². The van der Waals surface area contributed by atoms with Crippen LogP contribution in [0.4, 0.5) is 0 Å². The quantitative estimate of drug-likeness (QED) is 0.748. The number of benzene rings is 2. The second kappa shape index (κ2) is 9.80. The molecule has 0 bridgehead atoms. The van der Waals surface area contributed by atoms with Crippen LogP contribution in [-0.4, -0.2) is 31.1 Å². The molecule has 1 saturated heterocycles. The van der Waals surface area contributed by atoms with Crippen molar-refractivity contribution in [1.82, 2.24) is 4.90 Å². The van der Waals surface area contributed by atoms with Crippen molar-refractivity contribution in [3.05, 3.63) is 58.6 Å². The molecular weight excluding hydrogens is 376 g/mol. The van der Waals surface area contributed by atoms with Crippen LogP contribution in [0.1, 0.15) is 42.9 Å². The Bertz CT molecular complexity index is 812. The first-order valence-corrected chi connectivity index (χ1v) is 10.0. The van der Waals surface area contributed by atoms with Gasteiger partial charge in [-0.15, -0.1) is 0 Å². The van der Waals surface area contributed by atoms with Gasteiger partial charge in [0.1, 0.15) is 0 Å². The summed E-state index contributed by atoms with van der Waals surface area (Å²) in [6, 6.07) is 14.2. The molecule has 0 saturated carbocycles. The van der Waals surface area contributed by atoms with E-state index < -0.39 is 5.91 Å². The number of rotatable bonds is 7. The van der Waals surface area contributed by atoms with Crippen LogP contribution < -0.4 is 15.2 Å². The summed E-state index contributed by atoms with van der Waals surface area (Å²) in [6.07, 6.45) is 4.72. The molecule has 0 aliphatic carbocycles. The molecule has 1 heterocycles. The number of carbonyl (C=O) groups excluding carboxylic acids is 1. The number of ether oxygens (including phenoxy) is 2. The predicted molar refractivity (Wildman–Crippen MR) is 111 cm³/mol. The monoisotopic (exact) mass is 402 g/mol. The number of nitrogens with zero attached hydrogens (tertiary/aromatic N) is 1. The highest BCUT2D eigenvalue weighted by Crippen LogP contribution is 2.36. The maximum atomic E-state index is 11.0. The first-order chi connectivity index (χ1) is 13.6. The Morgan fingerprint density at radius 3 is 2.75 bits per heavy atom. The minimum absolute atomic E-state index is 0.170. The van der Waals surface area contributed by atoms with Crippen molar-refractivity contribution < 1.29 is 14.3 Å². The molecular formula is C22H27ClN2O3. The van der Waals surface area contributed by atoms with Gasteiger partial charge in [0.05, 0.1) is 7.11 Å². The number of carbonyl (C=O) groups is 1. The zero-order valence-corrected chi connectivity index (χ0v) is 17.0. The van der Waals surface area contributed by atoms with Gasteiger partial charge in [0.15, 0.2) is 18.1 Å². The minimum atomic E-state index is -0.515. The highest BCUT2D eigenvalue weighted by molar-refractivity contribution is 6.31. The fourth-order valence-electron chi connectivity index (χ4n) is 3.77. The summed E-state index contributed by atoms with van der Waals surface area (Å²) in [5, 5.41) is 0.826. The fraction of sp³-hybridized carbons (Fsp3) is 0.409. The van der Waals surface area contributed by atoms with Gasteiger partial charge in [-0.1, -0.05) is 48.7 Å². The number of primary amides is 1. The highest BCUT2D eigenvalue weighted by Gasteiger charge is 2.24. The first-order valence-electron chi connectivity index (χ1n) is 9.65. The molecule has 0 unspecified atom stereocenters. The van der Waals surface area contributed by atoms with E-state index >= 15 is 0 Å². The summed E-state index contributed by atoms with van der Waals surface area (Å²) in [6.45, 7) is 1.65. The van der Waals surface area contributed by atoms with Crippen LogP contribution in [0.5, 0.6) is 11.5 Å². The number of methoxy groups -OCH3 is 1. The number of halogens is 1. The molecule has 2 N–H and O–H groups in total. The Labute approximate surface area is 171 Å². The van der Waals surface area contributed by atoms with Crippen molar-refractivity contribution in [2.24, 2.45) is 5.73 Å². The third kappa shape index (κ3) is 5.18. The van der Waals surface area contributed by atoms with E-state index in [9.17, 15) is 4.79 Å². The largest absolute Gasteiger partial charge is 0.493 e. The lowest BCUT2D eigenvalue weighted by molar-refractivity contribution is -0.119. The Hall–Kier alpha value is -2.24. The molecule has 2 aromatic carbocycles. The van der Waals surface area contributed by atoms with Gasteiger partial charge in [0, 0.05) is 17.6 Å². The molecule has 0 spiro atoms. The summed E-state index contributed by atoms with van der Waals surface area (Å²) < 4.78 is 10.9. The first kappa shape index (κ1) is 20.5. The normalized spacial score (nSPS) is 17.7. The van der Waals surface area contributed by atoms with E-state index in [4.69, 9.17) is 26.8 Å². The SMILES string of the molecule is COc1cc(CN2CCCCC[C@H]2c2ccccc2Cl)ccc1OCC(N)=O. The Balaban J connectivity index is 1.81. The van der Waals surface area contributed by atoms with E-state index in [1.54, 1.807) is 7.11 Å². The molecule has 3 rings (SSSR count). The van der Waals surface area contributed by atoms with Gasteiger partial charge in [-0.3, -0.25) is 9.69 Å². The van der Waals surface area contributed by atoms with Crippen LogP contribution in [0.3, 0.4) is 0 Å². The van der Waals surface area contributed by atoms with Crippen LogP contribution >= 0.6 is 11.6 Å². The van der Waals surface area contributed by atoms with Crippen LogP contribution in [-0.2, 0) is 11.3 Å². The summed E-state index contributed by atoms with van der Waals surface area (Å²) in [7, 11) is 1.59. The summed E-state index contributed by atoms with van der Waals surface area (Å²) in [5.74, 6) is 0.602. The molecule has 150 valence electrons. The highest BCUT2D eigenvalue weighted by atomic mass is 35.5. The van der Waals surface area contributed by atoms with E-state index in [0.29, 0.717) is 17.5 Å². The number of hydrogen-bond acceptors (Lipinski definition) is 4. The molecule has 28 heavy (non-hydrogen) atoms. The van der Waals surface area contributed by atoms with E-state index in [1.807, 2.05) is 30.3 Å². The lowest BCUT2D eigenvalue weighted by Crippen LogP contribution is -2.28. The Morgan fingerprint density at radius 1 is 1.18 bits per heavy atom. The van der Waals surface area contributed by atoms with Crippen molar-refractivity contribution in [2.75, 3.05) is 20.3 Å². The van der Waals surface area contributed by atoms with Crippen LogP contribution in [0.15, 0.2) is 42.5 Å². The zero-order chi connectivity index (χ0) is 19.9. The van der Waals surface area contributed by atoms with Gasteiger partial charge in [-0.2, -0.15) is 0 Å². The van der Waals surface area contributed by atoms with Crippen molar-refractivity contribution in [3.63, 3.8) is 0 Å². The molecule has 1 amide bonds. The summed E-state index contributed by atoms with van der Waals surface area (Å²) in [4.78, 5) is 13.5. The van der Waals surface area contributed by atoms with Crippen molar-refractivity contribution in [2.45, 2.75) is 38.3 Å². The van der Waals surface area contributed by atoms with Gasteiger partial charge in [-0.05, 0) is 48.7 Å². The van der Waals surface area contributed by atoms with Crippen LogP contribution in [0.25, 0.3) is 0 Å². The maximum Gasteiger partial charge on any atom is 0.255 e. The van der Waals surface area contributed by atoms with Crippen molar-refractivity contribution in [3.8, 4) is 11.5 Å². The molecule has 5 nitrogen and oxygen atoms in total. The second-order valence-electron chi connectivity index (χ2n) is 7.10. The predicted octanol–water partition coefficient (Wildman–Crippen LogP) is 4.33. The molecule has 0 aromatic heterocycles. The van der Waals surface area contributed by atoms with Gasteiger partial charge in [0.2, 0.25) is 0 Å². The van der Waals surface area contributed by atoms with E-state index in [1.165, 1.54) is 24.8 Å². The minimum Gasteiger partial charge on any atom is -0.493 e. The van der Waals surface area contributed by atoms with Gasteiger partial charge >= 0.3 is 0 Å². The Kier molecular flexibility index (Phi) is 7.18. The van der Waals surface area contributed by atoms with Crippen LogP contribution in [0.2, 0.25) is 5.02 Å². The van der Waals surface area contributed by atoms with Gasteiger partial charge < -0.3 is 15.2 Å². The number of likely N-dealkylation sites (tertiary alicyclic amines) is 1. The van der Waals surface area contributed by atoms with Gasteiger partial charge in [-0.25, -0.2) is 0 Å². The molecule has 2 aromatic rings. The molecule has 1 atom stereocenters. The zero-order valence-electron chi connectivity index (χ0n) is 16.2. The third-order valence-corrected chi connectivity index (χ3v) is 5.46. The molecule has 1 aliphatic rings.